The molecule has 1 saturated heterocycles. The van der Waals surface area contributed by atoms with Crippen LogP contribution >= 0.6 is 0 Å². The Morgan fingerprint density at radius 2 is 2.00 bits per heavy atom. The third kappa shape index (κ3) is 3.62. The molecule has 0 radical (unpaired) electrons. The highest BCUT2D eigenvalue weighted by Crippen LogP contribution is 2.46. The lowest BCUT2D eigenvalue weighted by atomic mass is 9.82. The van der Waals surface area contributed by atoms with Crippen LogP contribution in [-0.2, 0) is 0 Å². The van der Waals surface area contributed by atoms with E-state index < -0.39 is 0 Å². The van der Waals surface area contributed by atoms with E-state index in [0.29, 0.717) is 12.2 Å². The first kappa shape index (κ1) is 19.2. The number of carbonyl (C=O) groups excluding carboxylic acids is 1. The van der Waals surface area contributed by atoms with Crippen LogP contribution in [0.5, 0.6) is 0 Å². The van der Waals surface area contributed by atoms with E-state index in [1.54, 1.807) is 18.6 Å². The van der Waals surface area contributed by atoms with E-state index in [1.807, 2.05) is 35.2 Å². The predicted molar refractivity (Wildman–Crippen MR) is 115 cm³/mol. The fourth-order valence-electron chi connectivity index (χ4n) is 4.51. The third-order valence-electron chi connectivity index (χ3n) is 5.93. The smallest absolute Gasteiger partial charge is 0.274 e. The first-order valence-corrected chi connectivity index (χ1v) is 10.2. The highest BCUT2D eigenvalue weighted by Gasteiger charge is 2.46. The van der Waals surface area contributed by atoms with Gasteiger partial charge in [0.1, 0.15) is 5.69 Å². The van der Waals surface area contributed by atoms with Gasteiger partial charge in [0.25, 0.3) is 5.91 Å². The number of hydrogen-bond acceptors (Lipinski definition) is 6. The lowest BCUT2D eigenvalue weighted by Crippen LogP contribution is -2.43. The highest BCUT2D eigenvalue weighted by atomic mass is 16.3. The summed E-state index contributed by atoms with van der Waals surface area (Å²) in [6, 6.07) is 9.49. The Bertz CT molecular complexity index is 1160. The van der Waals surface area contributed by atoms with Gasteiger partial charge in [-0.2, -0.15) is 0 Å². The largest absolute Gasteiger partial charge is 0.394 e. The summed E-state index contributed by atoms with van der Waals surface area (Å²) in [6.45, 7) is 0.615. The number of nitrogens with one attached hydrogen (secondary N) is 1. The minimum Gasteiger partial charge on any atom is -0.394 e. The van der Waals surface area contributed by atoms with Crippen LogP contribution in [0.3, 0.4) is 0 Å². The highest BCUT2D eigenvalue weighted by molar-refractivity contribution is 5.92. The zero-order chi connectivity index (χ0) is 21.2. The van der Waals surface area contributed by atoms with Gasteiger partial charge in [0, 0.05) is 54.1 Å². The molecule has 2 N–H and O–H groups in total. The quantitative estimate of drug-likeness (QED) is 0.629. The molecule has 0 unspecified atom stereocenters. The van der Waals surface area contributed by atoms with Gasteiger partial charge < -0.3 is 15.3 Å². The fourth-order valence-corrected chi connectivity index (χ4v) is 4.51. The van der Waals surface area contributed by atoms with Crippen LogP contribution in [0.4, 0.5) is 5.69 Å². The molecule has 2 aliphatic heterocycles. The van der Waals surface area contributed by atoms with Gasteiger partial charge >= 0.3 is 0 Å². The molecule has 1 amide bonds. The van der Waals surface area contributed by atoms with Gasteiger partial charge in [-0.3, -0.25) is 14.8 Å². The molecule has 0 spiro atoms. The second-order valence-electron chi connectivity index (χ2n) is 7.71. The Kier molecular flexibility index (Phi) is 5.06. The number of aliphatic hydroxyl groups excluding tert-OH is 1. The molecule has 0 saturated carbocycles. The van der Waals surface area contributed by atoms with E-state index in [-0.39, 0.29) is 30.5 Å². The fraction of sp³-hybridized carbons (Fsp3) is 0.250. The summed E-state index contributed by atoms with van der Waals surface area (Å²) in [5.74, 6) is 6.30. The van der Waals surface area contributed by atoms with Crippen molar-refractivity contribution in [2.45, 2.75) is 18.5 Å². The van der Waals surface area contributed by atoms with Gasteiger partial charge in [0.05, 0.1) is 24.9 Å². The molecule has 2 aromatic heterocycles. The Labute approximate surface area is 180 Å². The minimum absolute atomic E-state index is 0.0103. The Morgan fingerprint density at radius 1 is 1.13 bits per heavy atom. The van der Waals surface area contributed by atoms with Gasteiger partial charge in [0.15, 0.2) is 0 Å². The molecule has 0 aliphatic carbocycles. The van der Waals surface area contributed by atoms with Crippen LogP contribution in [0.15, 0.2) is 61.3 Å². The number of amides is 1. The average molecular weight is 411 g/mol. The zero-order valence-corrected chi connectivity index (χ0v) is 16.8. The van der Waals surface area contributed by atoms with Gasteiger partial charge in [-0.15, -0.1) is 0 Å². The molecule has 2 aliphatic rings. The van der Waals surface area contributed by atoms with Gasteiger partial charge in [0.2, 0.25) is 0 Å². The molecule has 1 fully saturated rings. The number of rotatable bonds is 2. The summed E-state index contributed by atoms with van der Waals surface area (Å²) in [4.78, 5) is 27.4. The Balaban J connectivity index is 1.52. The van der Waals surface area contributed by atoms with Crippen LogP contribution in [0.25, 0.3) is 0 Å². The van der Waals surface area contributed by atoms with E-state index in [2.05, 4.69) is 32.1 Å². The van der Waals surface area contributed by atoms with E-state index >= 15 is 0 Å². The van der Waals surface area contributed by atoms with Crippen molar-refractivity contribution in [3.63, 3.8) is 0 Å². The molecular weight excluding hydrogens is 390 g/mol. The Morgan fingerprint density at radius 3 is 2.77 bits per heavy atom. The first-order valence-electron chi connectivity index (χ1n) is 10.2. The number of fused-ring (bicyclic) bond motifs is 3. The molecule has 5 rings (SSSR count). The maximum atomic E-state index is 13.2. The van der Waals surface area contributed by atoms with Crippen LogP contribution in [0, 0.1) is 17.8 Å². The van der Waals surface area contributed by atoms with Crippen molar-refractivity contribution in [1.82, 2.24) is 19.9 Å². The first-order chi connectivity index (χ1) is 15.2. The molecular formula is C24H21N5O2. The van der Waals surface area contributed by atoms with Crippen molar-refractivity contribution in [1.29, 1.82) is 0 Å². The van der Waals surface area contributed by atoms with E-state index in [0.717, 1.165) is 28.8 Å². The van der Waals surface area contributed by atoms with Gasteiger partial charge in [-0.05, 0) is 42.3 Å². The van der Waals surface area contributed by atoms with Crippen LogP contribution in [-0.4, -0.2) is 50.1 Å². The van der Waals surface area contributed by atoms with E-state index in [9.17, 15) is 9.90 Å². The molecule has 7 heteroatoms. The van der Waals surface area contributed by atoms with Crippen molar-refractivity contribution in [2.24, 2.45) is 5.92 Å². The predicted octanol–water partition coefficient (Wildman–Crippen LogP) is 2.26. The van der Waals surface area contributed by atoms with Crippen molar-refractivity contribution < 1.29 is 9.90 Å². The number of hydrogen-bond donors (Lipinski definition) is 2. The SMILES string of the molecule is O=C(c1cnccn1)N1CC[C@@H]2[C@H]1c1cc(C#Cc3cccnc3)ccc1N[C@@H]2CO. The third-order valence-corrected chi connectivity index (χ3v) is 5.93. The number of benzene rings is 1. The monoisotopic (exact) mass is 411 g/mol. The Hall–Kier alpha value is -3.76. The zero-order valence-electron chi connectivity index (χ0n) is 16.8. The minimum atomic E-state index is -0.150. The van der Waals surface area contributed by atoms with E-state index in [4.69, 9.17) is 0 Å². The summed E-state index contributed by atoms with van der Waals surface area (Å²) < 4.78 is 0. The lowest BCUT2D eigenvalue weighted by molar-refractivity contribution is 0.0694. The standard InChI is InChI=1S/C24H21N5O2/c30-15-22-18-7-11-29(24(31)21-14-26-9-10-27-21)23(18)19-12-16(5-6-20(19)28-22)3-4-17-2-1-8-25-13-17/h1-2,5-6,8-10,12-14,18,22-23,28,30H,7,11,15H2/t18-,22+,23-/m0/s1. The van der Waals surface area contributed by atoms with Crippen molar-refractivity contribution >= 4 is 11.6 Å². The van der Waals surface area contributed by atoms with Crippen molar-refractivity contribution in [2.75, 3.05) is 18.5 Å². The van der Waals surface area contributed by atoms with Crippen LogP contribution < -0.4 is 5.32 Å². The number of likely N-dealkylation sites (tertiary alicyclic amines) is 1. The summed E-state index contributed by atoms with van der Waals surface area (Å²) in [5.41, 5.74) is 3.98. The summed E-state index contributed by atoms with van der Waals surface area (Å²) in [7, 11) is 0. The van der Waals surface area contributed by atoms with Crippen LogP contribution in [0.1, 0.15) is 39.6 Å². The molecule has 154 valence electrons. The summed E-state index contributed by atoms with van der Waals surface area (Å²) in [5, 5.41) is 13.4. The second kappa shape index (κ2) is 8.17. The number of aromatic nitrogens is 3. The molecule has 3 aromatic rings. The molecule has 0 bridgehead atoms. The van der Waals surface area contributed by atoms with Crippen molar-refractivity contribution in [3.8, 4) is 11.8 Å². The second-order valence-corrected chi connectivity index (χ2v) is 7.71. The van der Waals surface area contributed by atoms with E-state index in [1.165, 1.54) is 12.4 Å². The number of pyridine rings is 1. The summed E-state index contributed by atoms with van der Waals surface area (Å²) in [6.07, 6.45) is 8.83. The molecule has 4 heterocycles. The molecule has 31 heavy (non-hydrogen) atoms. The topological polar surface area (TPSA) is 91.2 Å². The number of carbonyl (C=O) groups is 1. The average Bonchev–Trinajstić information content (AvgIpc) is 3.28. The molecule has 7 nitrogen and oxygen atoms in total. The number of anilines is 1. The maximum Gasteiger partial charge on any atom is 0.274 e. The van der Waals surface area contributed by atoms with Gasteiger partial charge in [-0.1, -0.05) is 11.8 Å². The lowest BCUT2D eigenvalue weighted by Gasteiger charge is -2.39. The maximum absolute atomic E-state index is 13.2. The van der Waals surface area contributed by atoms with Crippen molar-refractivity contribution in [3.05, 3.63) is 83.7 Å². The van der Waals surface area contributed by atoms with Gasteiger partial charge in [-0.25, -0.2) is 4.98 Å². The number of aliphatic hydroxyl groups is 1. The normalized spacial score (nSPS) is 21.3. The number of nitrogens with zero attached hydrogens (tertiary/aromatic N) is 4. The summed E-state index contributed by atoms with van der Waals surface area (Å²) >= 11 is 0. The molecule has 1 aromatic carbocycles. The van der Waals surface area contributed by atoms with Crippen LogP contribution in [0.2, 0.25) is 0 Å². The molecule has 3 atom stereocenters.